The maximum atomic E-state index is 12.6. The largest absolute Gasteiger partial charge is 0.463 e. The summed E-state index contributed by atoms with van der Waals surface area (Å²) in [5.41, 5.74) is 1.83. The zero-order chi connectivity index (χ0) is 26.0. The van der Waals surface area contributed by atoms with Crippen molar-refractivity contribution in [2.75, 3.05) is 6.61 Å². The third kappa shape index (κ3) is 11.7. The first-order valence-corrected chi connectivity index (χ1v) is 14.4. The van der Waals surface area contributed by atoms with E-state index in [1.165, 1.54) is 64.2 Å². The zero-order valence-corrected chi connectivity index (χ0v) is 23.3. The van der Waals surface area contributed by atoms with Crippen molar-refractivity contribution in [1.29, 1.82) is 0 Å². The third-order valence-corrected chi connectivity index (χ3v) is 7.11. The molecular weight excluding hydrogens is 472 g/mol. The van der Waals surface area contributed by atoms with Crippen LogP contribution in [0.1, 0.15) is 104 Å². The van der Waals surface area contributed by atoms with Crippen LogP contribution in [0.25, 0.3) is 11.1 Å². The molecule has 6 heteroatoms. The molecule has 2 rings (SSSR count). The number of carbonyl (C=O) groups is 1. The molecule has 0 unspecified atom stereocenters. The molecule has 0 aliphatic heterocycles. The standard InChI is InChI=1S/C30H45ClN2O3/c1-4-6-8-10-12-14-16-28(31)24(3)29(34)36-27-19-17-25(18-20-27)26-22-32-30(33-23-26)35-21-15-13-11-9-7-5-2/h17-20,22-24,28H,4-16,21H2,1-3H3/t24-,28-/m1/s1. The average Bonchev–Trinajstić information content (AvgIpc) is 2.90. The Kier molecular flexibility index (Phi) is 15.2. The van der Waals surface area contributed by atoms with Gasteiger partial charge >= 0.3 is 12.0 Å². The summed E-state index contributed by atoms with van der Waals surface area (Å²) in [5.74, 6) is -0.123. The lowest BCUT2D eigenvalue weighted by Gasteiger charge is -2.17. The number of alkyl halides is 1. The Morgan fingerprint density at radius 3 is 1.97 bits per heavy atom. The number of carbonyl (C=O) groups excluding carboxylic acids is 1. The van der Waals surface area contributed by atoms with Crippen LogP contribution in [0.15, 0.2) is 36.7 Å². The smallest absolute Gasteiger partial charge is 0.316 e. The molecule has 5 nitrogen and oxygen atoms in total. The number of unbranched alkanes of at least 4 members (excludes halogenated alkanes) is 10. The van der Waals surface area contributed by atoms with Crippen molar-refractivity contribution >= 4 is 17.6 Å². The van der Waals surface area contributed by atoms with E-state index in [1.807, 2.05) is 19.1 Å². The first-order valence-electron chi connectivity index (χ1n) is 14.0. The summed E-state index contributed by atoms with van der Waals surface area (Å²) >= 11 is 6.49. The highest BCUT2D eigenvalue weighted by molar-refractivity contribution is 6.21. The van der Waals surface area contributed by atoms with Crippen LogP contribution >= 0.6 is 11.6 Å². The molecule has 0 saturated heterocycles. The van der Waals surface area contributed by atoms with Crippen LogP contribution < -0.4 is 9.47 Å². The lowest BCUT2D eigenvalue weighted by atomic mass is 10.0. The summed E-state index contributed by atoms with van der Waals surface area (Å²) in [6.45, 7) is 6.93. The number of aromatic nitrogens is 2. The molecule has 200 valence electrons. The molecular formula is C30H45ClN2O3. The van der Waals surface area contributed by atoms with Gasteiger partial charge in [-0.3, -0.25) is 4.79 Å². The molecule has 1 aromatic carbocycles. The number of ether oxygens (including phenoxy) is 2. The van der Waals surface area contributed by atoms with Gasteiger partial charge in [0.25, 0.3) is 0 Å². The van der Waals surface area contributed by atoms with Gasteiger partial charge < -0.3 is 9.47 Å². The molecule has 0 bridgehead atoms. The highest BCUT2D eigenvalue weighted by Crippen LogP contribution is 2.24. The molecule has 0 N–H and O–H groups in total. The second-order valence-corrected chi connectivity index (χ2v) is 10.2. The molecule has 36 heavy (non-hydrogen) atoms. The highest BCUT2D eigenvalue weighted by atomic mass is 35.5. The summed E-state index contributed by atoms with van der Waals surface area (Å²) in [6, 6.07) is 7.79. The van der Waals surface area contributed by atoms with Crippen LogP contribution in [-0.2, 0) is 4.79 Å². The van der Waals surface area contributed by atoms with Gasteiger partial charge in [-0.2, -0.15) is 0 Å². The number of rotatable bonds is 19. The lowest BCUT2D eigenvalue weighted by molar-refractivity contribution is -0.138. The molecule has 0 fully saturated rings. The predicted molar refractivity (Wildman–Crippen MR) is 149 cm³/mol. The van der Waals surface area contributed by atoms with Crippen molar-refractivity contribution in [2.45, 2.75) is 110 Å². The fraction of sp³-hybridized carbons (Fsp3) is 0.633. The molecule has 2 aromatic rings. The third-order valence-electron chi connectivity index (χ3n) is 6.51. The van der Waals surface area contributed by atoms with Gasteiger partial charge in [-0.25, -0.2) is 9.97 Å². The van der Waals surface area contributed by atoms with Crippen molar-refractivity contribution in [1.82, 2.24) is 9.97 Å². The van der Waals surface area contributed by atoms with E-state index in [4.69, 9.17) is 21.1 Å². The first-order chi connectivity index (χ1) is 17.5. The van der Waals surface area contributed by atoms with Crippen LogP contribution in [-0.4, -0.2) is 27.9 Å². The minimum absolute atomic E-state index is 0.207. The number of esters is 1. The van der Waals surface area contributed by atoms with Crippen LogP contribution in [0.2, 0.25) is 0 Å². The Balaban J connectivity index is 1.73. The van der Waals surface area contributed by atoms with E-state index in [9.17, 15) is 4.79 Å². The van der Waals surface area contributed by atoms with Gasteiger partial charge in [0, 0.05) is 23.3 Å². The summed E-state index contributed by atoms with van der Waals surface area (Å²) in [7, 11) is 0. The Labute approximate surface area is 223 Å². The summed E-state index contributed by atoms with van der Waals surface area (Å²) in [5, 5.41) is -0.207. The van der Waals surface area contributed by atoms with Crippen molar-refractivity contribution in [3.63, 3.8) is 0 Å². The second-order valence-electron chi connectivity index (χ2n) is 9.68. The van der Waals surface area contributed by atoms with E-state index < -0.39 is 0 Å². The van der Waals surface area contributed by atoms with E-state index in [-0.39, 0.29) is 17.3 Å². The topological polar surface area (TPSA) is 61.3 Å². The van der Waals surface area contributed by atoms with E-state index in [0.717, 1.165) is 30.4 Å². The molecule has 0 saturated carbocycles. The lowest BCUT2D eigenvalue weighted by Crippen LogP contribution is -2.26. The quantitative estimate of drug-likeness (QED) is 0.0807. The van der Waals surface area contributed by atoms with E-state index >= 15 is 0 Å². The Morgan fingerprint density at radius 2 is 1.36 bits per heavy atom. The van der Waals surface area contributed by atoms with Crippen molar-refractivity contribution in [3.8, 4) is 22.9 Å². The molecule has 0 aliphatic rings. The SMILES string of the molecule is CCCCCCCCOc1ncc(-c2ccc(OC(=O)[C@H](C)[C@H](Cl)CCCCCCCC)cc2)cn1. The van der Waals surface area contributed by atoms with E-state index in [1.54, 1.807) is 24.5 Å². The number of hydrogen-bond donors (Lipinski definition) is 0. The highest BCUT2D eigenvalue weighted by Gasteiger charge is 2.23. The van der Waals surface area contributed by atoms with E-state index in [0.29, 0.717) is 18.4 Å². The molecule has 1 aromatic heterocycles. The van der Waals surface area contributed by atoms with Crippen LogP contribution in [0.4, 0.5) is 0 Å². The van der Waals surface area contributed by atoms with Crippen molar-refractivity contribution < 1.29 is 14.3 Å². The van der Waals surface area contributed by atoms with Crippen molar-refractivity contribution in [3.05, 3.63) is 36.7 Å². The average molecular weight is 517 g/mol. The van der Waals surface area contributed by atoms with Gasteiger partial charge in [0.2, 0.25) is 0 Å². The maximum Gasteiger partial charge on any atom is 0.316 e. The zero-order valence-electron chi connectivity index (χ0n) is 22.5. The van der Waals surface area contributed by atoms with Gasteiger partial charge in [0.05, 0.1) is 12.5 Å². The number of halogens is 1. The first kappa shape index (κ1) is 30.1. The fourth-order valence-electron chi connectivity index (χ4n) is 4.03. The molecule has 1 heterocycles. The minimum Gasteiger partial charge on any atom is -0.463 e. The summed E-state index contributed by atoms with van der Waals surface area (Å²) in [4.78, 5) is 21.2. The number of hydrogen-bond acceptors (Lipinski definition) is 5. The maximum absolute atomic E-state index is 12.6. The van der Waals surface area contributed by atoms with E-state index in [2.05, 4.69) is 23.8 Å². The second kappa shape index (κ2) is 18.2. The molecule has 0 amide bonds. The Bertz CT molecular complexity index is 842. The van der Waals surface area contributed by atoms with Gasteiger partial charge in [-0.05, 0) is 30.5 Å². The molecule has 0 aliphatic carbocycles. The Morgan fingerprint density at radius 1 is 0.806 bits per heavy atom. The van der Waals surface area contributed by atoms with Gasteiger partial charge in [-0.1, -0.05) is 104 Å². The molecule has 0 radical (unpaired) electrons. The van der Waals surface area contributed by atoms with Crippen LogP contribution in [0.5, 0.6) is 11.8 Å². The summed E-state index contributed by atoms with van der Waals surface area (Å²) < 4.78 is 11.2. The Hall–Kier alpha value is -2.14. The molecule has 0 spiro atoms. The number of benzene rings is 1. The van der Waals surface area contributed by atoms with Gasteiger partial charge in [0.1, 0.15) is 5.75 Å². The van der Waals surface area contributed by atoms with Crippen LogP contribution in [0.3, 0.4) is 0 Å². The van der Waals surface area contributed by atoms with Gasteiger partial charge in [-0.15, -0.1) is 11.6 Å². The molecule has 2 atom stereocenters. The predicted octanol–water partition coefficient (Wildman–Crippen LogP) is 8.78. The summed E-state index contributed by atoms with van der Waals surface area (Å²) in [6.07, 6.45) is 18.9. The monoisotopic (exact) mass is 516 g/mol. The minimum atomic E-state index is -0.348. The van der Waals surface area contributed by atoms with Crippen LogP contribution in [0, 0.1) is 5.92 Å². The normalized spacial score (nSPS) is 12.8. The van der Waals surface area contributed by atoms with Crippen molar-refractivity contribution in [2.24, 2.45) is 5.92 Å². The number of nitrogens with zero attached hydrogens (tertiary/aromatic N) is 2. The fourth-order valence-corrected chi connectivity index (χ4v) is 4.28. The van der Waals surface area contributed by atoms with Gasteiger partial charge in [0.15, 0.2) is 0 Å².